The molecule has 1 heterocycles. The first-order valence-corrected chi connectivity index (χ1v) is 9.46. The minimum Gasteiger partial charge on any atom is -0.497 e. The number of hydrogen-bond donors (Lipinski definition) is 0. The molecule has 0 amide bonds. The maximum atomic E-state index is 12.1. The van der Waals surface area contributed by atoms with Gasteiger partial charge in [-0.3, -0.25) is 4.79 Å². The van der Waals surface area contributed by atoms with E-state index in [-0.39, 0.29) is 31.7 Å². The van der Waals surface area contributed by atoms with Crippen molar-refractivity contribution < 1.29 is 28.5 Å². The van der Waals surface area contributed by atoms with E-state index in [1.807, 2.05) is 26.0 Å². The highest BCUT2D eigenvalue weighted by Gasteiger charge is 2.22. The Morgan fingerprint density at radius 1 is 1.14 bits per heavy atom. The van der Waals surface area contributed by atoms with Gasteiger partial charge in [0.1, 0.15) is 35.7 Å². The van der Waals surface area contributed by atoms with Crippen LogP contribution in [0.4, 0.5) is 0 Å². The van der Waals surface area contributed by atoms with E-state index < -0.39 is 0 Å². The first kappa shape index (κ1) is 19.9. The molecule has 1 aliphatic heterocycles. The number of ether oxygens (including phenoxy) is 5. The molecule has 0 aromatic heterocycles. The van der Waals surface area contributed by atoms with Crippen LogP contribution >= 0.6 is 0 Å². The summed E-state index contributed by atoms with van der Waals surface area (Å²) in [5, 5.41) is 0. The minimum absolute atomic E-state index is 0.141. The Kier molecular flexibility index (Phi) is 6.63. The first-order chi connectivity index (χ1) is 13.6. The van der Waals surface area contributed by atoms with Gasteiger partial charge in [-0.2, -0.15) is 0 Å². The van der Waals surface area contributed by atoms with Gasteiger partial charge in [0.2, 0.25) is 0 Å². The Morgan fingerprint density at radius 2 is 1.89 bits per heavy atom. The molecule has 1 atom stereocenters. The highest BCUT2D eigenvalue weighted by molar-refractivity contribution is 5.69. The van der Waals surface area contributed by atoms with Crippen molar-refractivity contribution >= 4 is 5.97 Å². The number of methoxy groups -OCH3 is 1. The summed E-state index contributed by atoms with van der Waals surface area (Å²) in [6, 6.07) is 11.1. The molecule has 6 nitrogen and oxygen atoms in total. The lowest BCUT2D eigenvalue weighted by Gasteiger charge is -2.13. The van der Waals surface area contributed by atoms with Gasteiger partial charge < -0.3 is 23.7 Å². The van der Waals surface area contributed by atoms with Crippen LogP contribution in [0.15, 0.2) is 36.4 Å². The summed E-state index contributed by atoms with van der Waals surface area (Å²) in [6.07, 6.45) is 1.17. The molecule has 0 spiro atoms. The number of fused-ring (bicyclic) bond motifs is 1. The minimum atomic E-state index is -0.328. The number of carbonyl (C=O) groups excluding carboxylic acids is 1. The summed E-state index contributed by atoms with van der Waals surface area (Å²) in [4.78, 5) is 12.1. The van der Waals surface area contributed by atoms with Gasteiger partial charge in [-0.25, -0.2) is 0 Å². The summed E-state index contributed by atoms with van der Waals surface area (Å²) in [7, 11) is 1.61. The second-order valence-corrected chi connectivity index (χ2v) is 6.57. The zero-order chi connectivity index (χ0) is 19.9. The third-order valence-electron chi connectivity index (χ3n) is 4.40. The van der Waals surface area contributed by atoms with E-state index in [9.17, 15) is 4.79 Å². The Hall–Kier alpha value is -2.89. The van der Waals surface area contributed by atoms with Crippen molar-refractivity contribution in [2.24, 2.45) is 0 Å². The summed E-state index contributed by atoms with van der Waals surface area (Å²) < 4.78 is 27.6. The molecule has 150 valence electrons. The van der Waals surface area contributed by atoms with Crippen molar-refractivity contribution in [1.82, 2.24) is 0 Å². The highest BCUT2D eigenvalue weighted by atomic mass is 16.5. The molecule has 0 radical (unpaired) electrons. The van der Waals surface area contributed by atoms with Crippen LogP contribution in [0.25, 0.3) is 0 Å². The molecule has 0 fully saturated rings. The first-order valence-electron chi connectivity index (χ1n) is 9.46. The van der Waals surface area contributed by atoms with Gasteiger partial charge in [-0.1, -0.05) is 0 Å². The number of carbonyl (C=O) groups is 1. The van der Waals surface area contributed by atoms with E-state index >= 15 is 0 Å². The zero-order valence-electron chi connectivity index (χ0n) is 16.5. The average Bonchev–Trinajstić information content (AvgIpc) is 3.05. The van der Waals surface area contributed by atoms with Crippen LogP contribution in [-0.4, -0.2) is 32.4 Å². The van der Waals surface area contributed by atoms with E-state index in [1.54, 1.807) is 31.4 Å². The van der Waals surface area contributed by atoms with Crippen molar-refractivity contribution in [3.8, 4) is 23.0 Å². The van der Waals surface area contributed by atoms with Gasteiger partial charge in [0, 0.05) is 17.5 Å². The van der Waals surface area contributed by atoms with Crippen LogP contribution in [0.5, 0.6) is 23.0 Å². The van der Waals surface area contributed by atoms with Gasteiger partial charge in [0.15, 0.2) is 0 Å². The van der Waals surface area contributed by atoms with Gasteiger partial charge in [-0.05, 0) is 50.2 Å². The van der Waals surface area contributed by atoms with Gasteiger partial charge in [0.05, 0.1) is 26.7 Å². The van der Waals surface area contributed by atoms with E-state index in [0.29, 0.717) is 12.4 Å². The van der Waals surface area contributed by atoms with Crippen molar-refractivity contribution in [3.05, 3.63) is 47.5 Å². The normalized spacial score (nSPS) is 14.8. The zero-order valence-corrected chi connectivity index (χ0v) is 16.5. The lowest BCUT2D eigenvalue weighted by Crippen LogP contribution is -2.10. The van der Waals surface area contributed by atoms with Crippen LogP contribution in [0, 0.1) is 0 Å². The third-order valence-corrected chi connectivity index (χ3v) is 4.40. The fourth-order valence-corrected chi connectivity index (χ4v) is 3.04. The topological polar surface area (TPSA) is 63.2 Å². The number of benzene rings is 2. The van der Waals surface area contributed by atoms with Gasteiger partial charge in [-0.15, -0.1) is 0 Å². The fraction of sp³-hybridized carbons (Fsp3) is 0.409. The summed E-state index contributed by atoms with van der Waals surface area (Å²) in [6.45, 7) is 4.89. The Morgan fingerprint density at radius 3 is 2.61 bits per heavy atom. The molecule has 6 heteroatoms. The molecule has 0 saturated heterocycles. The Labute approximate surface area is 165 Å². The molecule has 1 aliphatic rings. The van der Waals surface area contributed by atoms with Crippen LogP contribution in [-0.2, 0) is 22.6 Å². The smallest absolute Gasteiger partial charge is 0.309 e. The van der Waals surface area contributed by atoms with E-state index in [4.69, 9.17) is 23.7 Å². The van der Waals surface area contributed by atoms with E-state index in [2.05, 4.69) is 0 Å². The standard InChI is InChI=1S/C22H26O6/c1-4-25-20-12-16-11-15(2)28-21(16)13-17(20)14-27-22(23)9-10-26-19-7-5-18(24-3)6-8-19/h5-8,12-13,15H,4,9-11,14H2,1-3H3/t15-/m0/s1. The molecule has 0 unspecified atom stereocenters. The highest BCUT2D eigenvalue weighted by Crippen LogP contribution is 2.35. The van der Waals surface area contributed by atoms with Crippen LogP contribution in [0.2, 0.25) is 0 Å². The SMILES string of the molecule is CCOc1cc2c(cc1COC(=O)CCOc1ccc(OC)cc1)O[C@@H](C)C2. The molecule has 0 saturated carbocycles. The van der Waals surface area contributed by atoms with Crippen molar-refractivity contribution in [3.63, 3.8) is 0 Å². The maximum Gasteiger partial charge on any atom is 0.309 e. The van der Waals surface area contributed by atoms with Crippen molar-refractivity contribution in [2.45, 2.75) is 39.4 Å². The van der Waals surface area contributed by atoms with Crippen LogP contribution in [0.1, 0.15) is 31.4 Å². The number of hydrogen-bond acceptors (Lipinski definition) is 6. The second-order valence-electron chi connectivity index (χ2n) is 6.57. The van der Waals surface area contributed by atoms with E-state index in [0.717, 1.165) is 34.8 Å². The summed E-state index contributed by atoms with van der Waals surface area (Å²) >= 11 is 0. The van der Waals surface area contributed by atoms with Crippen LogP contribution in [0.3, 0.4) is 0 Å². The lowest BCUT2D eigenvalue weighted by atomic mass is 10.1. The molecule has 3 rings (SSSR count). The Bertz CT molecular complexity index is 799. The molecule has 0 aliphatic carbocycles. The third kappa shape index (κ3) is 5.09. The number of rotatable bonds is 9. The Balaban J connectivity index is 1.50. The predicted octanol–water partition coefficient (Wildman–Crippen LogP) is 3.93. The number of esters is 1. The van der Waals surface area contributed by atoms with Crippen molar-refractivity contribution in [1.29, 1.82) is 0 Å². The van der Waals surface area contributed by atoms with Gasteiger partial charge in [0.25, 0.3) is 0 Å². The molecular weight excluding hydrogens is 360 g/mol. The molecule has 0 bridgehead atoms. The quantitative estimate of drug-likeness (QED) is 0.609. The van der Waals surface area contributed by atoms with Crippen LogP contribution < -0.4 is 18.9 Å². The predicted molar refractivity (Wildman–Crippen MR) is 104 cm³/mol. The molecule has 0 N–H and O–H groups in total. The summed E-state index contributed by atoms with van der Waals surface area (Å²) in [5.41, 5.74) is 1.93. The monoisotopic (exact) mass is 386 g/mol. The lowest BCUT2D eigenvalue weighted by molar-refractivity contribution is -0.145. The second kappa shape index (κ2) is 9.35. The maximum absolute atomic E-state index is 12.1. The largest absolute Gasteiger partial charge is 0.497 e. The summed E-state index contributed by atoms with van der Waals surface area (Å²) in [5.74, 6) is 2.68. The van der Waals surface area contributed by atoms with E-state index in [1.165, 1.54) is 0 Å². The molecule has 2 aromatic carbocycles. The average molecular weight is 386 g/mol. The fourth-order valence-electron chi connectivity index (χ4n) is 3.04. The van der Waals surface area contributed by atoms with Gasteiger partial charge >= 0.3 is 5.97 Å². The molecule has 28 heavy (non-hydrogen) atoms. The molecule has 2 aromatic rings. The van der Waals surface area contributed by atoms with Crippen molar-refractivity contribution in [2.75, 3.05) is 20.3 Å². The molecular formula is C22H26O6.